The molecular weight excluding hydrogens is 392 g/mol. The second-order valence-electron chi connectivity index (χ2n) is 5.51. The summed E-state index contributed by atoms with van der Waals surface area (Å²) >= 11 is 3.41. The zero-order chi connectivity index (χ0) is 18.1. The largest absolute Gasteiger partial charge is 0.502 e. The molecule has 3 aromatic rings. The normalized spacial score (nSPS) is 12.2. The highest BCUT2D eigenvalue weighted by molar-refractivity contribution is 9.10. The van der Waals surface area contributed by atoms with Gasteiger partial charge >= 0.3 is 0 Å². The molecule has 130 valence electrons. The fourth-order valence-corrected chi connectivity index (χ4v) is 3.03. The maximum absolute atomic E-state index is 12.4. The van der Waals surface area contributed by atoms with E-state index in [1.165, 1.54) is 24.1 Å². The quantitative estimate of drug-likeness (QED) is 0.569. The second-order valence-corrected chi connectivity index (χ2v) is 6.43. The van der Waals surface area contributed by atoms with Gasteiger partial charge < -0.3 is 20.1 Å². The minimum atomic E-state index is -1.42. The molecule has 0 amide bonds. The fourth-order valence-electron chi connectivity index (χ4n) is 2.42. The monoisotopic (exact) mass is 406 g/mol. The summed E-state index contributed by atoms with van der Waals surface area (Å²) in [5, 5.41) is 26.6. The molecule has 0 bridgehead atoms. The third-order valence-corrected chi connectivity index (χ3v) is 4.05. The lowest BCUT2D eigenvalue weighted by Crippen LogP contribution is -2.24. The fraction of sp³-hybridized carbons (Fsp3) is 0.188. The van der Waals surface area contributed by atoms with Crippen molar-refractivity contribution in [1.29, 1.82) is 0 Å². The van der Waals surface area contributed by atoms with Crippen LogP contribution in [0.4, 0.5) is 5.69 Å². The van der Waals surface area contributed by atoms with Gasteiger partial charge in [0.25, 0.3) is 5.56 Å². The van der Waals surface area contributed by atoms with E-state index in [2.05, 4.69) is 35.9 Å². The van der Waals surface area contributed by atoms with E-state index in [9.17, 15) is 15.0 Å². The van der Waals surface area contributed by atoms with Crippen LogP contribution >= 0.6 is 15.9 Å². The Balaban J connectivity index is 2.11. The molecule has 2 aromatic heterocycles. The van der Waals surface area contributed by atoms with Gasteiger partial charge in [0.15, 0.2) is 6.23 Å². The number of aliphatic hydroxyl groups excluding tert-OH is 1. The van der Waals surface area contributed by atoms with E-state index < -0.39 is 17.5 Å². The summed E-state index contributed by atoms with van der Waals surface area (Å²) < 4.78 is 6.72. The summed E-state index contributed by atoms with van der Waals surface area (Å²) in [6.45, 7) is 1.91. The summed E-state index contributed by atoms with van der Waals surface area (Å²) in [4.78, 5) is 16.6. The number of aromatic hydroxyl groups is 1. The third-order valence-electron chi connectivity index (χ3n) is 3.59. The number of rotatable bonds is 4. The van der Waals surface area contributed by atoms with Crippen LogP contribution in [0, 0.1) is 6.92 Å². The molecule has 0 radical (unpaired) electrons. The van der Waals surface area contributed by atoms with Crippen LogP contribution in [0.2, 0.25) is 0 Å². The average Bonchev–Trinajstić information content (AvgIpc) is 3.04. The number of hydrogen-bond acceptors (Lipinski definition) is 7. The highest BCUT2D eigenvalue weighted by atomic mass is 79.9. The molecule has 3 N–H and O–H groups in total. The van der Waals surface area contributed by atoms with Crippen molar-refractivity contribution in [2.45, 2.75) is 13.2 Å². The molecule has 0 aliphatic carbocycles. The first-order chi connectivity index (χ1) is 11.9. The first-order valence-corrected chi connectivity index (χ1v) is 8.07. The Kier molecular flexibility index (Phi) is 4.60. The van der Waals surface area contributed by atoms with Gasteiger partial charge in [0.05, 0.1) is 11.9 Å². The first-order valence-electron chi connectivity index (χ1n) is 7.28. The minimum Gasteiger partial charge on any atom is -0.502 e. The summed E-state index contributed by atoms with van der Waals surface area (Å²) in [7, 11) is 1.50. The summed E-state index contributed by atoms with van der Waals surface area (Å²) in [5.74, 6) is -0.317. The molecule has 0 spiro atoms. The van der Waals surface area contributed by atoms with Gasteiger partial charge in [0, 0.05) is 17.1 Å². The molecule has 0 aliphatic heterocycles. The second kappa shape index (κ2) is 6.69. The predicted molar refractivity (Wildman–Crippen MR) is 94.1 cm³/mol. The molecule has 1 atom stereocenters. The number of nitrogens with one attached hydrogen (secondary N) is 1. The smallest absolute Gasteiger partial charge is 0.296 e. The van der Waals surface area contributed by atoms with Gasteiger partial charge in [-0.15, -0.1) is 0 Å². The lowest BCUT2D eigenvalue weighted by Gasteiger charge is -2.16. The summed E-state index contributed by atoms with van der Waals surface area (Å²) in [6, 6.07) is 5.58. The van der Waals surface area contributed by atoms with Crippen LogP contribution in [0.3, 0.4) is 0 Å². The van der Waals surface area contributed by atoms with Crippen molar-refractivity contribution < 1.29 is 14.7 Å². The number of aromatic nitrogens is 3. The van der Waals surface area contributed by atoms with E-state index in [0.717, 1.165) is 10.0 Å². The van der Waals surface area contributed by atoms with E-state index in [1.54, 1.807) is 6.07 Å². The van der Waals surface area contributed by atoms with Gasteiger partial charge in [-0.2, -0.15) is 0 Å². The van der Waals surface area contributed by atoms with Crippen LogP contribution in [-0.4, -0.2) is 24.9 Å². The number of nitrogens with zero attached hydrogens (tertiary/aromatic N) is 3. The predicted octanol–water partition coefficient (Wildman–Crippen LogP) is 2.31. The van der Waals surface area contributed by atoms with Gasteiger partial charge in [-0.05, 0) is 30.7 Å². The van der Waals surface area contributed by atoms with Crippen LogP contribution in [0.15, 0.2) is 44.4 Å². The highest BCUT2D eigenvalue weighted by Gasteiger charge is 2.21. The van der Waals surface area contributed by atoms with E-state index in [1.807, 2.05) is 19.1 Å². The van der Waals surface area contributed by atoms with Crippen LogP contribution < -0.4 is 10.9 Å². The third kappa shape index (κ3) is 3.42. The van der Waals surface area contributed by atoms with Crippen LogP contribution in [0.25, 0.3) is 11.4 Å². The standard InChI is InChI=1S/C16H15BrN4O4/c1-8-3-9(5-10(17)4-8)14-20-12(13(22)16(24)21(14)2)15(23)19-11-6-18-25-7-11/h3-7,15,19,22-23H,1-2H3. The van der Waals surface area contributed by atoms with Crippen molar-refractivity contribution in [3.63, 3.8) is 0 Å². The molecule has 0 saturated heterocycles. The average molecular weight is 407 g/mol. The Morgan fingerprint density at radius 1 is 1.36 bits per heavy atom. The van der Waals surface area contributed by atoms with Gasteiger partial charge in [-0.3, -0.25) is 9.36 Å². The van der Waals surface area contributed by atoms with Gasteiger partial charge in [-0.25, -0.2) is 4.98 Å². The number of halogens is 1. The zero-order valence-electron chi connectivity index (χ0n) is 13.4. The van der Waals surface area contributed by atoms with Gasteiger partial charge in [0.2, 0.25) is 5.75 Å². The maximum atomic E-state index is 12.4. The van der Waals surface area contributed by atoms with E-state index in [-0.39, 0.29) is 5.69 Å². The summed E-state index contributed by atoms with van der Waals surface area (Å²) in [6.07, 6.45) is 1.21. The van der Waals surface area contributed by atoms with E-state index >= 15 is 0 Å². The Morgan fingerprint density at radius 2 is 2.12 bits per heavy atom. The molecule has 25 heavy (non-hydrogen) atoms. The molecule has 1 unspecified atom stereocenters. The van der Waals surface area contributed by atoms with Crippen molar-refractivity contribution in [2.24, 2.45) is 7.05 Å². The SMILES string of the molecule is Cc1cc(Br)cc(-c2nc(C(O)Nc3cnoc3)c(O)c(=O)n2C)c1. The molecule has 2 heterocycles. The van der Waals surface area contributed by atoms with Crippen molar-refractivity contribution in [1.82, 2.24) is 14.7 Å². The number of benzene rings is 1. The number of aryl methyl sites for hydroxylation is 1. The maximum Gasteiger partial charge on any atom is 0.296 e. The van der Waals surface area contributed by atoms with E-state index in [0.29, 0.717) is 17.1 Å². The molecule has 0 saturated carbocycles. The lowest BCUT2D eigenvalue weighted by atomic mass is 10.1. The molecule has 3 rings (SSSR count). The van der Waals surface area contributed by atoms with Gasteiger partial charge in [0.1, 0.15) is 17.8 Å². The molecule has 0 fully saturated rings. The zero-order valence-corrected chi connectivity index (χ0v) is 15.0. The Bertz CT molecular complexity index is 949. The first kappa shape index (κ1) is 17.2. The van der Waals surface area contributed by atoms with Crippen LogP contribution in [0.5, 0.6) is 5.75 Å². The number of anilines is 1. The summed E-state index contributed by atoms with van der Waals surface area (Å²) in [5.41, 5.74) is 1.18. The number of aliphatic hydroxyl groups is 1. The lowest BCUT2D eigenvalue weighted by molar-refractivity contribution is 0.197. The molecule has 1 aromatic carbocycles. The van der Waals surface area contributed by atoms with Crippen molar-refractivity contribution >= 4 is 21.6 Å². The minimum absolute atomic E-state index is 0.183. The van der Waals surface area contributed by atoms with Crippen molar-refractivity contribution in [3.05, 3.63) is 56.7 Å². The van der Waals surface area contributed by atoms with Crippen LogP contribution in [-0.2, 0) is 7.05 Å². The van der Waals surface area contributed by atoms with Crippen LogP contribution in [0.1, 0.15) is 17.5 Å². The van der Waals surface area contributed by atoms with Crippen molar-refractivity contribution in [3.8, 4) is 17.1 Å². The van der Waals surface area contributed by atoms with Gasteiger partial charge in [-0.1, -0.05) is 21.1 Å². The number of hydrogen-bond donors (Lipinski definition) is 3. The molecular formula is C16H15BrN4O4. The highest BCUT2D eigenvalue weighted by Crippen LogP contribution is 2.27. The Hall–Kier alpha value is -2.65. The Morgan fingerprint density at radius 3 is 2.76 bits per heavy atom. The molecule has 0 aliphatic rings. The molecule has 8 nitrogen and oxygen atoms in total. The Labute approximate surface area is 150 Å². The topological polar surface area (TPSA) is 113 Å². The molecule has 9 heteroatoms. The van der Waals surface area contributed by atoms with Crippen molar-refractivity contribution in [2.75, 3.05) is 5.32 Å². The van der Waals surface area contributed by atoms with E-state index in [4.69, 9.17) is 0 Å².